The van der Waals surface area contributed by atoms with E-state index in [0.717, 1.165) is 63.0 Å². The van der Waals surface area contributed by atoms with E-state index in [0.29, 0.717) is 0 Å². The van der Waals surface area contributed by atoms with Crippen molar-refractivity contribution in [2.75, 3.05) is 13.1 Å². The van der Waals surface area contributed by atoms with Crippen LogP contribution in [0, 0.1) is 0 Å². The highest BCUT2D eigenvalue weighted by atomic mass is 32.1. The van der Waals surface area contributed by atoms with Crippen LogP contribution in [-0.2, 0) is 19.4 Å². The van der Waals surface area contributed by atoms with Crippen LogP contribution < -0.4 is 10.9 Å². The Morgan fingerprint density at radius 1 is 1.36 bits per heavy atom. The third-order valence-corrected chi connectivity index (χ3v) is 5.99. The third-order valence-electron chi connectivity index (χ3n) is 5.13. The molecule has 2 aromatic heterocycles. The molecule has 1 atom stereocenters. The number of H-pyrrole nitrogens is 1. The van der Waals surface area contributed by atoms with Crippen molar-refractivity contribution in [1.82, 2.24) is 15.2 Å². The van der Waals surface area contributed by atoms with Crippen LogP contribution in [0.5, 0.6) is 0 Å². The molecule has 0 bridgehead atoms. The second-order valence-corrected chi connectivity index (χ2v) is 8.03. The fraction of sp³-hybridized carbons (Fsp3) is 0.474. The van der Waals surface area contributed by atoms with Crippen molar-refractivity contribution < 1.29 is 4.79 Å². The van der Waals surface area contributed by atoms with Gasteiger partial charge in [0.2, 0.25) is 0 Å². The first-order valence-corrected chi connectivity index (χ1v) is 9.87. The molecular weight excluding hydrogens is 334 g/mol. The minimum atomic E-state index is -0.260. The van der Waals surface area contributed by atoms with E-state index in [2.05, 4.69) is 32.7 Å². The highest BCUT2D eigenvalue weighted by Crippen LogP contribution is 2.20. The molecule has 0 spiro atoms. The molecule has 0 saturated carbocycles. The zero-order valence-corrected chi connectivity index (χ0v) is 15.0. The molecule has 6 heteroatoms. The molecule has 25 heavy (non-hydrogen) atoms. The average Bonchev–Trinajstić information content (AvgIpc) is 3.25. The Balaban J connectivity index is 1.41. The second-order valence-electron chi connectivity index (χ2n) is 7.00. The van der Waals surface area contributed by atoms with E-state index < -0.39 is 0 Å². The molecule has 2 aromatic rings. The molecule has 2 aliphatic rings. The number of pyridine rings is 1. The number of fused-ring (bicyclic) bond motifs is 1. The summed E-state index contributed by atoms with van der Waals surface area (Å²) in [6, 6.07) is 6.12. The standard InChI is InChI=1S/C19H23N3O2S/c23-18(16-10-13-4-1-7-17(13)21-19(16)24)20-14-5-2-8-22(11-14)12-15-6-3-9-25-15/h3,6,9-10,14H,1-2,4-5,7-8,11-12H2,(H,20,23)(H,21,24)/t14-/m0/s1. The fourth-order valence-corrected chi connectivity index (χ4v) is 4.63. The second kappa shape index (κ2) is 7.14. The Hall–Kier alpha value is -1.92. The molecule has 3 heterocycles. The molecular formula is C19H23N3O2S. The number of carbonyl (C=O) groups is 1. The minimum Gasteiger partial charge on any atom is -0.348 e. The lowest BCUT2D eigenvalue weighted by Crippen LogP contribution is -2.48. The number of piperidine rings is 1. The summed E-state index contributed by atoms with van der Waals surface area (Å²) >= 11 is 1.77. The SMILES string of the molecule is O=C(N[C@H]1CCCN(Cc2cccs2)C1)c1cc2c([nH]c1=O)CCC2. The Labute approximate surface area is 151 Å². The summed E-state index contributed by atoms with van der Waals surface area (Å²) in [6.07, 6.45) is 4.94. The zero-order valence-electron chi connectivity index (χ0n) is 14.2. The number of hydrogen-bond acceptors (Lipinski definition) is 4. The van der Waals surface area contributed by atoms with E-state index in [9.17, 15) is 9.59 Å². The first-order chi connectivity index (χ1) is 12.2. The van der Waals surface area contributed by atoms with Crippen LogP contribution in [0.15, 0.2) is 28.4 Å². The van der Waals surface area contributed by atoms with E-state index in [-0.39, 0.29) is 23.1 Å². The van der Waals surface area contributed by atoms with Crippen LogP contribution in [0.3, 0.4) is 0 Å². The van der Waals surface area contributed by atoms with Crippen molar-refractivity contribution in [1.29, 1.82) is 0 Å². The summed E-state index contributed by atoms with van der Waals surface area (Å²) in [6.45, 7) is 2.83. The van der Waals surface area contributed by atoms with Crippen molar-refractivity contribution in [2.24, 2.45) is 0 Å². The monoisotopic (exact) mass is 357 g/mol. The van der Waals surface area contributed by atoms with E-state index in [4.69, 9.17) is 0 Å². The Morgan fingerprint density at radius 3 is 3.12 bits per heavy atom. The number of carbonyl (C=O) groups excluding carboxylic acids is 1. The topological polar surface area (TPSA) is 65.2 Å². The highest BCUT2D eigenvalue weighted by molar-refractivity contribution is 7.09. The molecule has 1 fully saturated rings. The lowest BCUT2D eigenvalue weighted by atomic mass is 10.0. The molecule has 0 aromatic carbocycles. The molecule has 4 rings (SSSR count). The van der Waals surface area contributed by atoms with Crippen LogP contribution >= 0.6 is 11.3 Å². The van der Waals surface area contributed by atoms with E-state index in [1.807, 2.05) is 0 Å². The lowest BCUT2D eigenvalue weighted by Gasteiger charge is -2.32. The summed E-state index contributed by atoms with van der Waals surface area (Å²) in [4.78, 5) is 31.4. The maximum absolute atomic E-state index is 12.6. The summed E-state index contributed by atoms with van der Waals surface area (Å²) in [5, 5.41) is 5.18. The Bertz CT molecular complexity index is 813. The van der Waals surface area contributed by atoms with Crippen molar-refractivity contribution in [3.8, 4) is 0 Å². The number of aromatic nitrogens is 1. The van der Waals surface area contributed by atoms with E-state index >= 15 is 0 Å². The summed E-state index contributed by atoms with van der Waals surface area (Å²) < 4.78 is 0. The Kier molecular flexibility index (Phi) is 4.72. The van der Waals surface area contributed by atoms with Gasteiger partial charge in [-0.05, 0) is 61.7 Å². The number of thiophene rings is 1. The predicted octanol–water partition coefficient (Wildman–Crippen LogP) is 2.32. The number of aromatic amines is 1. The lowest BCUT2D eigenvalue weighted by molar-refractivity contribution is 0.0899. The minimum absolute atomic E-state index is 0.105. The highest BCUT2D eigenvalue weighted by Gasteiger charge is 2.24. The van der Waals surface area contributed by atoms with Crippen molar-refractivity contribution in [2.45, 2.75) is 44.7 Å². The van der Waals surface area contributed by atoms with Gasteiger partial charge in [-0.2, -0.15) is 0 Å². The number of nitrogens with zero attached hydrogens (tertiary/aromatic N) is 1. The molecule has 1 amide bonds. The zero-order chi connectivity index (χ0) is 17.2. The quantitative estimate of drug-likeness (QED) is 0.883. The molecule has 2 N–H and O–H groups in total. The maximum atomic E-state index is 12.6. The number of rotatable bonds is 4. The van der Waals surface area contributed by atoms with Gasteiger partial charge >= 0.3 is 0 Å². The fourth-order valence-electron chi connectivity index (χ4n) is 3.88. The van der Waals surface area contributed by atoms with Crippen LogP contribution in [0.25, 0.3) is 0 Å². The predicted molar refractivity (Wildman–Crippen MR) is 99.2 cm³/mol. The third kappa shape index (κ3) is 3.70. The molecule has 1 saturated heterocycles. The van der Waals surface area contributed by atoms with Gasteiger partial charge < -0.3 is 10.3 Å². The summed E-state index contributed by atoms with van der Waals surface area (Å²) in [5.41, 5.74) is 2.12. The van der Waals surface area contributed by atoms with Crippen molar-refractivity contribution >= 4 is 17.2 Å². The van der Waals surface area contributed by atoms with Gasteiger partial charge in [-0.25, -0.2) is 0 Å². The molecule has 1 aliphatic carbocycles. The molecule has 5 nitrogen and oxygen atoms in total. The van der Waals surface area contributed by atoms with Gasteiger partial charge in [0.25, 0.3) is 11.5 Å². The Morgan fingerprint density at radius 2 is 2.28 bits per heavy atom. The molecule has 0 radical (unpaired) electrons. The van der Waals surface area contributed by atoms with Crippen LogP contribution in [0.1, 0.15) is 45.8 Å². The van der Waals surface area contributed by atoms with Gasteiger partial charge in [0.05, 0.1) is 0 Å². The summed E-state index contributed by atoms with van der Waals surface area (Å²) in [7, 11) is 0. The van der Waals surface area contributed by atoms with Gasteiger partial charge in [0.15, 0.2) is 0 Å². The summed E-state index contributed by atoms with van der Waals surface area (Å²) in [5.74, 6) is -0.237. The number of aryl methyl sites for hydroxylation is 2. The molecule has 1 aliphatic heterocycles. The van der Waals surface area contributed by atoms with Crippen molar-refractivity contribution in [3.63, 3.8) is 0 Å². The van der Waals surface area contributed by atoms with Gasteiger partial charge in [-0.1, -0.05) is 6.07 Å². The number of hydrogen-bond donors (Lipinski definition) is 2. The molecule has 0 unspecified atom stereocenters. The van der Waals surface area contributed by atoms with Gasteiger partial charge in [0.1, 0.15) is 5.56 Å². The number of likely N-dealkylation sites (tertiary alicyclic amines) is 1. The van der Waals surface area contributed by atoms with Crippen molar-refractivity contribution in [3.05, 3.63) is 55.6 Å². The van der Waals surface area contributed by atoms with Gasteiger partial charge in [-0.3, -0.25) is 14.5 Å². The maximum Gasteiger partial charge on any atom is 0.261 e. The van der Waals surface area contributed by atoms with Crippen LogP contribution in [0.2, 0.25) is 0 Å². The van der Waals surface area contributed by atoms with Gasteiger partial charge in [0, 0.05) is 29.7 Å². The average molecular weight is 357 g/mol. The van der Waals surface area contributed by atoms with Gasteiger partial charge in [-0.15, -0.1) is 11.3 Å². The van der Waals surface area contributed by atoms with E-state index in [1.54, 1.807) is 17.4 Å². The first-order valence-electron chi connectivity index (χ1n) is 9.00. The number of amides is 1. The van der Waals surface area contributed by atoms with E-state index in [1.165, 1.54) is 4.88 Å². The molecule has 132 valence electrons. The smallest absolute Gasteiger partial charge is 0.261 e. The largest absolute Gasteiger partial charge is 0.348 e. The van der Waals surface area contributed by atoms with Crippen LogP contribution in [0.4, 0.5) is 0 Å². The first kappa shape index (κ1) is 16.5. The normalized spacial score (nSPS) is 20.4. The number of nitrogens with one attached hydrogen (secondary N) is 2. The van der Waals surface area contributed by atoms with Crippen LogP contribution in [-0.4, -0.2) is 34.9 Å².